The van der Waals surface area contributed by atoms with Gasteiger partial charge in [0.1, 0.15) is 5.15 Å². The van der Waals surface area contributed by atoms with Gasteiger partial charge in [-0.15, -0.1) is 0 Å². The maximum atomic E-state index is 6.36. The quantitative estimate of drug-likeness (QED) is 0.628. The highest BCUT2D eigenvalue weighted by Crippen LogP contribution is 2.29. The molecular weight excluding hydrogens is 284 g/mol. The van der Waals surface area contributed by atoms with Crippen LogP contribution in [0.2, 0.25) is 5.15 Å². The van der Waals surface area contributed by atoms with Crippen LogP contribution in [0.15, 0.2) is 36.4 Å². The van der Waals surface area contributed by atoms with E-state index < -0.39 is 0 Å². The third kappa shape index (κ3) is 2.09. The Labute approximate surface area is 127 Å². The van der Waals surface area contributed by atoms with E-state index in [9.17, 15) is 0 Å². The highest BCUT2D eigenvalue weighted by Gasteiger charge is 2.14. The third-order valence-electron chi connectivity index (χ3n) is 3.87. The lowest BCUT2D eigenvalue weighted by atomic mass is 10.1. The van der Waals surface area contributed by atoms with E-state index in [4.69, 9.17) is 16.3 Å². The Morgan fingerprint density at radius 2 is 1.90 bits per heavy atom. The number of nitrogens with zero attached hydrogens (tertiary/aromatic N) is 2. The molecule has 0 N–H and O–H groups in total. The lowest BCUT2D eigenvalue weighted by Gasteiger charge is -2.07. The summed E-state index contributed by atoms with van der Waals surface area (Å²) in [5.74, 6) is 0.660. The van der Waals surface area contributed by atoms with Crippen molar-refractivity contribution >= 4 is 22.5 Å². The lowest BCUT2D eigenvalue weighted by molar-refractivity contribution is 0.134. The predicted molar refractivity (Wildman–Crippen MR) is 83.2 cm³/mol. The SMILES string of the molecule is Cc1cccc2nc(-c3ccc4c(c3)COC4)nc(Cl)c12. The second kappa shape index (κ2) is 4.79. The molecule has 0 radical (unpaired) electrons. The average molecular weight is 297 g/mol. The van der Waals surface area contributed by atoms with Crippen LogP contribution >= 0.6 is 11.6 Å². The third-order valence-corrected chi connectivity index (χ3v) is 4.14. The first-order valence-corrected chi connectivity index (χ1v) is 7.23. The van der Waals surface area contributed by atoms with Crippen LogP contribution in [0, 0.1) is 6.92 Å². The normalized spacial score (nSPS) is 13.6. The van der Waals surface area contributed by atoms with Crippen LogP contribution in [0.1, 0.15) is 16.7 Å². The molecule has 0 saturated carbocycles. The first kappa shape index (κ1) is 12.7. The smallest absolute Gasteiger partial charge is 0.161 e. The molecule has 0 bridgehead atoms. The van der Waals surface area contributed by atoms with Crippen molar-refractivity contribution in [3.8, 4) is 11.4 Å². The van der Waals surface area contributed by atoms with Crippen LogP contribution in [0.25, 0.3) is 22.3 Å². The van der Waals surface area contributed by atoms with Gasteiger partial charge in [-0.3, -0.25) is 0 Å². The summed E-state index contributed by atoms with van der Waals surface area (Å²) in [5, 5.41) is 1.43. The van der Waals surface area contributed by atoms with Gasteiger partial charge in [0.05, 0.1) is 18.7 Å². The molecule has 1 aliphatic heterocycles. The molecule has 0 aliphatic carbocycles. The molecule has 0 fully saturated rings. The number of hydrogen-bond donors (Lipinski definition) is 0. The molecule has 0 saturated heterocycles. The Hall–Kier alpha value is -1.97. The van der Waals surface area contributed by atoms with Crippen LogP contribution in [-0.2, 0) is 18.0 Å². The van der Waals surface area contributed by atoms with Gasteiger partial charge in [-0.1, -0.05) is 35.9 Å². The number of hydrogen-bond acceptors (Lipinski definition) is 3. The standard InChI is InChI=1S/C17H13ClN2O/c1-10-3-2-4-14-15(10)16(18)20-17(19-14)11-5-6-12-8-21-9-13(12)7-11/h2-7H,8-9H2,1H3. The van der Waals surface area contributed by atoms with Crippen LogP contribution in [0.3, 0.4) is 0 Å². The maximum absolute atomic E-state index is 6.36. The Balaban J connectivity index is 1.91. The summed E-state index contributed by atoms with van der Waals surface area (Å²) in [4.78, 5) is 9.13. The Bertz CT molecular complexity index is 861. The molecule has 104 valence electrons. The number of fused-ring (bicyclic) bond motifs is 2. The number of halogens is 1. The van der Waals surface area contributed by atoms with Crippen LogP contribution < -0.4 is 0 Å². The molecule has 1 aliphatic rings. The van der Waals surface area contributed by atoms with Crippen molar-refractivity contribution in [2.75, 3.05) is 0 Å². The lowest BCUT2D eigenvalue weighted by Crippen LogP contribution is -1.94. The molecule has 0 atom stereocenters. The van der Waals surface area contributed by atoms with E-state index in [2.05, 4.69) is 22.1 Å². The van der Waals surface area contributed by atoms with Gasteiger partial charge >= 0.3 is 0 Å². The molecule has 2 heterocycles. The summed E-state index contributed by atoms with van der Waals surface area (Å²) in [6, 6.07) is 12.2. The fourth-order valence-electron chi connectivity index (χ4n) is 2.74. The van der Waals surface area contributed by atoms with E-state index in [1.807, 2.05) is 31.2 Å². The largest absolute Gasteiger partial charge is 0.372 e. The fraction of sp³-hybridized carbons (Fsp3) is 0.176. The van der Waals surface area contributed by atoms with Gasteiger partial charge in [-0.25, -0.2) is 9.97 Å². The fourth-order valence-corrected chi connectivity index (χ4v) is 3.07. The molecule has 3 nitrogen and oxygen atoms in total. The molecule has 0 amide bonds. The second-order valence-electron chi connectivity index (χ2n) is 5.28. The molecule has 0 spiro atoms. The van der Waals surface area contributed by atoms with Gasteiger partial charge in [0.25, 0.3) is 0 Å². The number of aromatic nitrogens is 2. The summed E-state index contributed by atoms with van der Waals surface area (Å²) in [6.45, 7) is 3.36. The van der Waals surface area contributed by atoms with E-state index in [0.717, 1.165) is 22.0 Å². The molecule has 0 unspecified atom stereocenters. The summed E-state index contributed by atoms with van der Waals surface area (Å²) in [5.41, 5.74) is 5.38. The van der Waals surface area contributed by atoms with Gasteiger partial charge in [-0.05, 0) is 35.7 Å². The van der Waals surface area contributed by atoms with E-state index >= 15 is 0 Å². The topological polar surface area (TPSA) is 35.0 Å². The molecule has 21 heavy (non-hydrogen) atoms. The average Bonchev–Trinajstić information content (AvgIpc) is 2.94. The summed E-state index contributed by atoms with van der Waals surface area (Å²) >= 11 is 6.36. The molecule has 2 aromatic carbocycles. The first-order valence-electron chi connectivity index (χ1n) is 6.85. The maximum Gasteiger partial charge on any atom is 0.161 e. The van der Waals surface area contributed by atoms with E-state index in [1.165, 1.54) is 11.1 Å². The molecule has 1 aromatic heterocycles. The minimum Gasteiger partial charge on any atom is -0.372 e. The minimum absolute atomic E-state index is 0.504. The zero-order chi connectivity index (χ0) is 14.4. The van der Waals surface area contributed by atoms with Crippen molar-refractivity contribution < 1.29 is 4.74 Å². The van der Waals surface area contributed by atoms with Crippen molar-refractivity contribution in [3.63, 3.8) is 0 Å². The van der Waals surface area contributed by atoms with Crippen molar-refractivity contribution in [1.29, 1.82) is 0 Å². The van der Waals surface area contributed by atoms with Crippen molar-refractivity contribution in [3.05, 3.63) is 58.2 Å². The number of aryl methyl sites for hydroxylation is 1. The van der Waals surface area contributed by atoms with Gasteiger partial charge in [0.15, 0.2) is 5.82 Å². The van der Waals surface area contributed by atoms with E-state index in [0.29, 0.717) is 24.2 Å². The van der Waals surface area contributed by atoms with Crippen molar-refractivity contribution in [2.24, 2.45) is 0 Å². The minimum atomic E-state index is 0.504. The monoisotopic (exact) mass is 296 g/mol. The predicted octanol–water partition coefficient (Wildman–Crippen LogP) is 4.29. The molecule has 3 aromatic rings. The zero-order valence-electron chi connectivity index (χ0n) is 11.6. The Morgan fingerprint density at radius 1 is 1.05 bits per heavy atom. The highest BCUT2D eigenvalue weighted by molar-refractivity contribution is 6.34. The van der Waals surface area contributed by atoms with Crippen molar-refractivity contribution in [1.82, 2.24) is 9.97 Å². The first-order chi connectivity index (χ1) is 10.2. The summed E-state index contributed by atoms with van der Waals surface area (Å²) in [7, 11) is 0. The molecular formula is C17H13ClN2O. The Morgan fingerprint density at radius 3 is 2.81 bits per heavy atom. The Kier molecular flexibility index (Phi) is 2.91. The van der Waals surface area contributed by atoms with E-state index in [-0.39, 0.29) is 0 Å². The van der Waals surface area contributed by atoms with Crippen molar-refractivity contribution in [2.45, 2.75) is 20.1 Å². The summed E-state index contributed by atoms with van der Waals surface area (Å²) < 4.78 is 5.45. The van der Waals surface area contributed by atoms with Gasteiger partial charge < -0.3 is 4.74 Å². The van der Waals surface area contributed by atoms with Crippen LogP contribution in [-0.4, -0.2) is 9.97 Å². The van der Waals surface area contributed by atoms with E-state index in [1.54, 1.807) is 0 Å². The number of benzene rings is 2. The molecule has 4 heteroatoms. The molecule has 4 rings (SSSR count). The van der Waals surface area contributed by atoms with Crippen LogP contribution in [0.5, 0.6) is 0 Å². The zero-order valence-corrected chi connectivity index (χ0v) is 12.3. The highest BCUT2D eigenvalue weighted by atomic mass is 35.5. The van der Waals surface area contributed by atoms with Gasteiger partial charge in [0.2, 0.25) is 0 Å². The second-order valence-corrected chi connectivity index (χ2v) is 5.64. The summed E-state index contributed by atoms with van der Waals surface area (Å²) in [6.07, 6.45) is 0. The van der Waals surface area contributed by atoms with Gasteiger partial charge in [0, 0.05) is 10.9 Å². The van der Waals surface area contributed by atoms with Crippen LogP contribution in [0.4, 0.5) is 0 Å². The number of ether oxygens (including phenoxy) is 1. The van der Waals surface area contributed by atoms with Gasteiger partial charge in [-0.2, -0.15) is 0 Å². The number of rotatable bonds is 1.